The molecule has 6 nitrogen and oxygen atoms in total. The Balaban J connectivity index is 2.90. The summed E-state index contributed by atoms with van der Waals surface area (Å²) in [6, 6.07) is -0.457. The smallest absolute Gasteiger partial charge is 0.322 e. The molecule has 1 rings (SSSR count). The van der Waals surface area contributed by atoms with Crippen LogP contribution in [0.15, 0.2) is 0 Å². The zero-order valence-corrected chi connectivity index (χ0v) is 10.0. The molecule has 1 amide bonds. The number of likely N-dealkylation sites (tertiary alicyclic amines) is 1. The summed E-state index contributed by atoms with van der Waals surface area (Å²) in [7, 11) is 2.43. The highest BCUT2D eigenvalue weighted by molar-refractivity contribution is 5.96. The molecule has 96 valence electrons. The fourth-order valence-electron chi connectivity index (χ4n) is 2.13. The third-order valence-corrected chi connectivity index (χ3v) is 3.02. The molecular formula is C11H17NO5. The molecule has 1 aliphatic rings. The standard InChI is InChI=1S/C11H17NO5/c1-16-10(14)9(11(15)17-2)8-5-3-4-6-12(8)7-13/h7-9H,3-6H2,1-2H3. The normalized spacial score (nSPS) is 19.9. The molecule has 1 saturated heterocycles. The number of amides is 1. The van der Waals surface area contributed by atoms with Gasteiger partial charge in [-0.3, -0.25) is 14.4 Å². The van der Waals surface area contributed by atoms with Crippen LogP contribution in [0.2, 0.25) is 0 Å². The molecule has 0 aromatic rings. The van der Waals surface area contributed by atoms with Gasteiger partial charge in [-0.15, -0.1) is 0 Å². The van der Waals surface area contributed by atoms with Crippen molar-refractivity contribution in [3.05, 3.63) is 0 Å². The number of nitrogens with zero attached hydrogens (tertiary/aromatic N) is 1. The van der Waals surface area contributed by atoms with Crippen LogP contribution in [0.25, 0.3) is 0 Å². The summed E-state index contributed by atoms with van der Waals surface area (Å²) in [5, 5.41) is 0. The van der Waals surface area contributed by atoms with Gasteiger partial charge in [-0.25, -0.2) is 0 Å². The number of esters is 2. The molecule has 1 fully saturated rings. The molecule has 0 bridgehead atoms. The molecule has 0 aromatic heterocycles. The van der Waals surface area contributed by atoms with Crippen molar-refractivity contribution in [1.82, 2.24) is 4.90 Å². The van der Waals surface area contributed by atoms with Gasteiger partial charge in [-0.05, 0) is 19.3 Å². The predicted molar refractivity (Wildman–Crippen MR) is 57.9 cm³/mol. The Hall–Kier alpha value is -1.59. The Labute approximate surface area is 99.9 Å². The van der Waals surface area contributed by atoms with Gasteiger partial charge in [-0.1, -0.05) is 0 Å². The van der Waals surface area contributed by atoms with Crippen LogP contribution in [-0.2, 0) is 23.9 Å². The minimum Gasteiger partial charge on any atom is -0.468 e. The highest BCUT2D eigenvalue weighted by Gasteiger charge is 2.40. The average Bonchev–Trinajstić information content (AvgIpc) is 2.39. The Morgan fingerprint density at radius 3 is 2.29 bits per heavy atom. The summed E-state index contributed by atoms with van der Waals surface area (Å²) in [5.74, 6) is -2.36. The molecule has 0 saturated carbocycles. The monoisotopic (exact) mass is 243 g/mol. The number of ether oxygens (including phenoxy) is 2. The Morgan fingerprint density at radius 2 is 1.82 bits per heavy atom. The van der Waals surface area contributed by atoms with Crippen molar-refractivity contribution in [3.63, 3.8) is 0 Å². The van der Waals surface area contributed by atoms with Crippen molar-refractivity contribution in [2.45, 2.75) is 25.3 Å². The fraction of sp³-hybridized carbons (Fsp3) is 0.727. The van der Waals surface area contributed by atoms with Crippen molar-refractivity contribution in [2.75, 3.05) is 20.8 Å². The maximum atomic E-state index is 11.6. The lowest BCUT2D eigenvalue weighted by molar-refractivity contribution is -0.163. The molecule has 17 heavy (non-hydrogen) atoms. The van der Waals surface area contributed by atoms with E-state index in [-0.39, 0.29) is 0 Å². The maximum absolute atomic E-state index is 11.6. The first kappa shape index (κ1) is 13.5. The van der Waals surface area contributed by atoms with E-state index in [1.165, 1.54) is 19.1 Å². The van der Waals surface area contributed by atoms with E-state index in [2.05, 4.69) is 9.47 Å². The van der Waals surface area contributed by atoms with E-state index in [0.29, 0.717) is 19.4 Å². The zero-order valence-electron chi connectivity index (χ0n) is 10.0. The molecule has 1 atom stereocenters. The van der Waals surface area contributed by atoms with E-state index in [0.717, 1.165) is 12.8 Å². The van der Waals surface area contributed by atoms with Gasteiger partial charge in [-0.2, -0.15) is 0 Å². The summed E-state index contributed by atoms with van der Waals surface area (Å²) < 4.78 is 9.20. The number of piperidine rings is 1. The number of carbonyl (C=O) groups excluding carboxylic acids is 3. The first-order valence-corrected chi connectivity index (χ1v) is 5.52. The van der Waals surface area contributed by atoms with E-state index >= 15 is 0 Å². The van der Waals surface area contributed by atoms with Gasteiger partial charge in [0.1, 0.15) is 0 Å². The van der Waals surface area contributed by atoms with Gasteiger partial charge in [0.05, 0.1) is 20.3 Å². The van der Waals surface area contributed by atoms with E-state index in [1.807, 2.05) is 0 Å². The van der Waals surface area contributed by atoms with Crippen LogP contribution >= 0.6 is 0 Å². The quantitative estimate of drug-likeness (QED) is 0.393. The molecule has 0 radical (unpaired) electrons. The van der Waals surface area contributed by atoms with Gasteiger partial charge >= 0.3 is 11.9 Å². The third kappa shape index (κ3) is 2.95. The van der Waals surface area contributed by atoms with Gasteiger partial charge in [0.2, 0.25) is 6.41 Å². The minimum atomic E-state index is -1.05. The summed E-state index contributed by atoms with van der Waals surface area (Å²) in [5.41, 5.74) is 0. The number of hydrogen-bond donors (Lipinski definition) is 0. The molecule has 0 aliphatic carbocycles. The first-order chi connectivity index (χ1) is 8.15. The predicted octanol–water partition coefficient (Wildman–Crippen LogP) is -0.0405. The average molecular weight is 243 g/mol. The summed E-state index contributed by atoms with van der Waals surface area (Å²) >= 11 is 0. The third-order valence-electron chi connectivity index (χ3n) is 3.02. The van der Waals surface area contributed by atoms with Crippen molar-refractivity contribution in [2.24, 2.45) is 5.92 Å². The topological polar surface area (TPSA) is 72.9 Å². The fourth-order valence-corrected chi connectivity index (χ4v) is 2.13. The summed E-state index contributed by atoms with van der Waals surface area (Å²) in [4.78, 5) is 35.6. The van der Waals surface area contributed by atoms with Gasteiger partial charge in [0.15, 0.2) is 5.92 Å². The minimum absolute atomic E-state index is 0.457. The lowest BCUT2D eigenvalue weighted by Gasteiger charge is -2.35. The number of hydrogen-bond acceptors (Lipinski definition) is 5. The highest BCUT2D eigenvalue weighted by Crippen LogP contribution is 2.24. The van der Waals surface area contributed by atoms with Crippen molar-refractivity contribution in [3.8, 4) is 0 Å². The van der Waals surface area contributed by atoms with Crippen molar-refractivity contribution < 1.29 is 23.9 Å². The number of methoxy groups -OCH3 is 2. The molecule has 1 unspecified atom stereocenters. The van der Waals surface area contributed by atoms with E-state index in [4.69, 9.17) is 0 Å². The van der Waals surface area contributed by atoms with Crippen LogP contribution < -0.4 is 0 Å². The van der Waals surface area contributed by atoms with Crippen molar-refractivity contribution in [1.29, 1.82) is 0 Å². The van der Waals surface area contributed by atoms with Crippen LogP contribution in [0.1, 0.15) is 19.3 Å². The van der Waals surface area contributed by atoms with Crippen LogP contribution in [0.4, 0.5) is 0 Å². The van der Waals surface area contributed by atoms with Gasteiger partial charge < -0.3 is 14.4 Å². The summed E-state index contributed by atoms with van der Waals surface area (Å²) in [6.45, 7) is 0.554. The zero-order chi connectivity index (χ0) is 12.8. The van der Waals surface area contributed by atoms with Crippen LogP contribution in [-0.4, -0.2) is 50.1 Å². The number of carbonyl (C=O) groups is 3. The van der Waals surface area contributed by atoms with E-state index in [9.17, 15) is 14.4 Å². The molecule has 1 heterocycles. The van der Waals surface area contributed by atoms with Crippen LogP contribution in [0, 0.1) is 5.92 Å². The van der Waals surface area contributed by atoms with Crippen molar-refractivity contribution >= 4 is 18.3 Å². The largest absolute Gasteiger partial charge is 0.468 e. The Kier molecular flexibility index (Phi) is 4.93. The van der Waals surface area contributed by atoms with Gasteiger partial charge in [0, 0.05) is 6.54 Å². The first-order valence-electron chi connectivity index (χ1n) is 5.52. The molecular weight excluding hydrogens is 226 g/mol. The molecule has 0 aromatic carbocycles. The second kappa shape index (κ2) is 6.22. The molecule has 0 spiro atoms. The maximum Gasteiger partial charge on any atom is 0.322 e. The number of rotatable bonds is 4. The Bertz CT molecular complexity index is 288. The van der Waals surface area contributed by atoms with Crippen LogP contribution in [0.3, 0.4) is 0 Å². The summed E-state index contributed by atoms with van der Waals surface area (Å²) in [6.07, 6.45) is 3.03. The lowest BCUT2D eigenvalue weighted by Crippen LogP contribution is -2.49. The van der Waals surface area contributed by atoms with E-state index < -0.39 is 23.9 Å². The molecule has 6 heteroatoms. The van der Waals surface area contributed by atoms with E-state index in [1.54, 1.807) is 0 Å². The van der Waals surface area contributed by atoms with Gasteiger partial charge in [0.25, 0.3) is 0 Å². The van der Waals surface area contributed by atoms with Crippen LogP contribution in [0.5, 0.6) is 0 Å². The SMILES string of the molecule is COC(=O)C(C(=O)OC)C1CCCCN1C=O. The second-order valence-corrected chi connectivity index (χ2v) is 3.93. The second-order valence-electron chi connectivity index (χ2n) is 3.93. The highest BCUT2D eigenvalue weighted by atomic mass is 16.5. The molecule has 1 aliphatic heterocycles. The Morgan fingerprint density at radius 1 is 1.24 bits per heavy atom. The molecule has 0 N–H and O–H groups in total. The lowest BCUT2D eigenvalue weighted by atomic mass is 9.90.